The first-order valence-corrected chi connectivity index (χ1v) is 8.40. The lowest BCUT2D eigenvalue weighted by molar-refractivity contribution is -0.135. The van der Waals surface area contributed by atoms with Crippen LogP contribution >= 0.6 is 11.6 Å². The van der Waals surface area contributed by atoms with Crippen LogP contribution in [0.1, 0.15) is 13.8 Å². The number of amides is 1. The van der Waals surface area contributed by atoms with Crippen LogP contribution in [0.15, 0.2) is 17.3 Å². The Morgan fingerprint density at radius 1 is 1.19 bits per heavy atom. The largest absolute Gasteiger partial charge is 0.340 e. The van der Waals surface area contributed by atoms with Crippen molar-refractivity contribution in [2.75, 3.05) is 26.2 Å². The van der Waals surface area contributed by atoms with E-state index in [1.807, 2.05) is 13.8 Å². The summed E-state index contributed by atoms with van der Waals surface area (Å²) in [6.07, 6.45) is 2.38. The van der Waals surface area contributed by atoms with E-state index in [1.54, 1.807) is 4.90 Å². The van der Waals surface area contributed by atoms with Gasteiger partial charge in [0.15, 0.2) is 0 Å². The summed E-state index contributed by atoms with van der Waals surface area (Å²) in [5, 5.41) is 0.00120. The second-order valence-corrected chi connectivity index (χ2v) is 7.35. The van der Waals surface area contributed by atoms with Crippen molar-refractivity contribution in [3.05, 3.63) is 17.7 Å². The van der Waals surface area contributed by atoms with Gasteiger partial charge in [-0.3, -0.25) is 4.79 Å². The van der Waals surface area contributed by atoms with Crippen LogP contribution in [0.3, 0.4) is 0 Å². The van der Waals surface area contributed by atoms with Crippen molar-refractivity contribution < 1.29 is 13.2 Å². The average molecular weight is 333 g/mol. The number of piperazine rings is 1. The van der Waals surface area contributed by atoms with Gasteiger partial charge in [0.1, 0.15) is 4.90 Å². The number of hydrogen-bond acceptors (Lipinski definition) is 5. The van der Waals surface area contributed by atoms with E-state index in [4.69, 9.17) is 11.6 Å². The summed E-state index contributed by atoms with van der Waals surface area (Å²) in [4.78, 5) is 21.0. The molecule has 0 unspecified atom stereocenters. The van der Waals surface area contributed by atoms with E-state index in [0.29, 0.717) is 13.1 Å². The van der Waals surface area contributed by atoms with Gasteiger partial charge >= 0.3 is 0 Å². The SMILES string of the molecule is CC(C)C(=O)N1CCN(S(=O)(=O)c2cnc(Cl)nc2)CC1. The molecule has 0 aromatic carbocycles. The molecular formula is C12H17ClN4O3S. The molecule has 9 heteroatoms. The molecule has 0 bridgehead atoms. The lowest BCUT2D eigenvalue weighted by Gasteiger charge is -2.34. The summed E-state index contributed by atoms with van der Waals surface area (Å²) in [5.41, 5.74) is 0. The van der Waals surface area contributed by atoms with Gasteiger partial charge in [-0.2, -0.15) is 4.31 Å². The highest BCUT2D eigenvalue weighted by Crippen LogP contribution is 2.17. The molecule has 21 heavy (non-hydrogen) atoms. The summed E-state index contributed by atoms with van der Waals surface area (Å²) in [7, 11) is -3.64. The molecular weight excluding hydrogens is 316 g/mol. The summed E-state index contributed by atoms with van der Waals surface area (Å²) in [6.45, 7) is 4.98. The Balaban J connectivity index is 2.07. The first-order valence-electron chi connectivity index (χ1n) is 6.59. The molecule has 2 heterocycles. The number of halogens is 1. The number of aromatic nitrogens is 2. The number of carbonyl (C=O) groups is 1. The van der Waals surface area contributed by atoms with Crippen LogP contribution in [0.5, 0.6) is 0 Å². The van der Waals surface area contributed by atoms with Crippen LogP contribution in [0, 0.1) is 5.92 Å². The molecule has 7 nitrogen and oxygen atoms in total. The summed E-state index contributed by atoms with van der Waals surface area (Å²) >= 11 is 5.56. The Hall–Kier alpha value is -1.25. The van der Waals surface area contributed by atoms with E-state index < -0.39 is 10.0 Å². The third kappa shape index (κ3) is 3.50. The minimum absolute atomic E-state index is 0.00120. The number of hydrogen-bond donors (Lipinski definition) is 0. The zero-order chi connectivity index (χ0) is 15.6. The number of rotatable bonds is 3. The van der Waals surface area contributed by atoms with Crippen molar-refractivity contribution in [3.63, 3.8) is 0 Å². The minimum atomic E-state index is -3.64. The smallest absolute Gasteiger partial charge is 0.246 e. The van der Waals surface area contributed by atoms with E-state index in [0.717, 1.165) is 0 Å². The average Bonchev–Trinajstić information content (AvgIpc) is 2.47. The molecule has 1 aliphatic rings. The van der Waals surface area contributed by atoms with Crippen LogP contribution in [0.2, 0.25) is 5.28 Å². The second-order valence-electron chi connectivity index (χ2n) is 5.07. The zero-order valence-electron chi connectivity index (χ0n) is 11.9. The van der Waals surface area contributed by atoms with Gasteiger partial charge in [-0.05, 0) is 11.6 Å². The van der Waals surface area contributed by atoms with Crippen LogP contribution in [-0.2, 0) is 14.8 Å². The Bertz CT molecular complexity index is 610. The van der Waals surface area contributed by atoms with Gasteiger partial charge < -0.3 is 4.90 Å². The van der Waals surface area contributed by atoms with Gasteiger partial charge in [-0.1, -0.05) is 13.8 Å². The topological polar surface area (TPSA) is 83.5 Å². The van der Waals surface area contributed by atoms with E-state index in [2.05, 4.69) is 9.97 Å². The van der Waals surface area contributed by atoms with Crippen LogP contribution in [0.4, 0.5) is 0 Å². The van der Waals surface area contributed by atoms with Gasteiger partial charge in [-0.25, -0.2) is 18.4 Å². The molecule has 0 spiro atoms. The minimum Gasteiger partial charge on any atom is -0.340 e. The number of carbonyl (C=O) groups excluding carboxylic acids is 1. The summed E-state index contributed by atoms with van der Waals surface area (Å²) in [5.74, 6) is -0.0419. The molecule has 116 valence electrons. The van der Waals surface area contributed by atoms with Crippen molar-refractivity contribution >= 4 is 27.5 Å². The molecule has 1 aromatic heterocycles. The van der Waals surface area contributed by atoms with E-state index in [9.17, 15) is 13.2 Å². The van der Waals surface area contributed by atoms with Crippen molar-refractivity contribution in [1.82, 2.24) is 19.2 Å². The second kappa shape index (κ2) is 6.25. The maximum Gasteiger partial charge on any atom is 0.246 e. The molecule has 0 aliphatic carbocycles. The standard InChI is InChI=1S/C12H17ClN4O3S/c1-9(2)11(18)16-3-5-17(6-4-16)21(19,20)10-7-14-12(13)15-8-10/h7-9H,3-6H2,1-2H3. The van der Waals surface area contributed by atoms with Gasteiger partial charge in [-0.15, -0.1) is 0 Å². The molecule has 1 fully saturated rings. The molecule has 1 amide bonds. The normalized spacial score (nSPS) is 17.2. The van der Waals surface area contributed by atoms with Crippen LogP contribution in [0.25, 0.3) is 0 Å². The van der Waals surface area contributed by atoms with Crippen LogP contribution in [-0.4, -0.2) is 59.7 Å². The zero-order valence-corrected chi connectivity index (χ0v) is 13.4. The highest BCUT2D eigenvalue weighted by molar-refractivity contribution is 7.89. The Labute approximate surface area is 129 Å². The Morgan fingerprint density at radius 3 is 2.19 bits per heavy atom. The first kappa shape index (κ1) is 16.1. The van der Waals surface area contributed by atoms with Gasteiger partial charge in [0.2, 0.25) is 21.2 Å². The van der Waals surface area contributed by atoms with Gasteiger partial charge in [0.25, 0.3) is 0 Å². The van der Waals surface area contributed by atoms with Crippen LogP contribution < -0.4 is 0 Å². The lowest BCUT2D eigenvalue weighted by Crippen LogP contribution is -2.51. The highest BCUT2D eigenvalue weighted by Gasteiger charge is 2.31. The molecule has 1 saturated heterocycles. The van der Waals surface area contributed by atoms with Crippen molar-refractivity contribution in [2.24, 2.45) is 5.92 Å². The maximum absolute atomic E-state index is 12.4. The molecule has 0 radical (unpaired) electrons. The Kier molecular flexibility index (Phi) is 4.80. The third-order valence-electron chi connectivity index (χ3n) is 3.28. The lowest BCUT2D eigenvalue weighted by atomic mass is 10.2. The predicted molar refractivity (Wildman–Crippen MR) is 77.2 cm³/mol. The summed E-state index contributed by atoms with van der Waals surface area (Å²) < 4.78 is 26.2. The Morgan fingerprint density at radius 2 is 1.71 bits per heavy atom. The van der Waals surface area contributed by atoms with Gasteiger partial charge in [0, 0.05) is 32.1 Å². The molecule has 2 rings (SSSR count). The highest BCUT2D eigenvalue weighted by atomic mass is 35.5. The van der Waals surface area contributed by atoms with E-state index in [1.165, 1.54) is 16.7 Å². The molecule has 1 aliphatic heterocycles. The molecule has 0 N–H and O–H groups in total. The quantitative estimate of drug-likeness (QED) is 0.758. The van der Waals surface area contributed by atoms with Crippen molar-refractivity contribution in [2.45, 2.75) is 18.7 Å². The fraction of sp³-hybridized carbons (Fsp3) is 0.583. The fourth-order valence-electron chi connectivity index (χ4n) is 2.10. The van der Waals surface area contributed by atoms with E-state index in [-0.39, 0.29) is 35.1 Å². The molecule has 0 saturated carbocycles. The summed E-state index contributed by atoms with van der Waals surface area (Å²) in [6, 6.07) is 0. The maximum atomic E-state index is 12.4. The molecule has 0 atom stereocenters. The molecule has 1 aromatic rings. The van der Waals surface area contributed by atoms with Crippen molar-refractivity contribution in [1.29, 1.82) is 0 Å². The first-order chi connectivity index (χ1) is 9.82. The monoisotopic (exact) mass is 332 g/mol. The number of sulfonamides is 1. The third-order valence-corrected chi connectivity index (χ3v) is 5.33. The van der Waals surface area contributed by atoms with Crippen molar-refractivity contribution in [3.8, 4) is 0 Å². The number of nitrogens with zero attached hydrogens (tertiary/aromatic N) is 4. The fourth-order valence-corrected chi connectivity index (χ4v) is 3.51. The predicted octanol–water partition coefficient (Wildman–Crippen LogP) is 0.619. The van der Waals surface area contributed by atoms with E-state index >= 15 is 0 Å². The van der Waals surface area contributed by atoms with Gasteiger partial charge in [0.05, 0.1) is 12.4 Å².